The van der Waals surface area contributed by atoms with Gasteiger partial charge >= 0.3 is 11.9 Å². The quantitative estimate of drug-likeness (QED) is 0.246. The summed E-state index contributed by atoms with van der Waals surface area (Å²) in [5.74, 6) is -1.23. The van der Waals surface area contributed by atoms with Gasteiger partial charge in [0.25, 0.3) is 23.6 Å². The zero-order valence-electron chi connectivity index (χ0n) is 17.1. The molecule has 0 unspecified atom stereocenters. The number of hydrogen-bond acceptors (Lipinski definition) is 8. The van der Waals surface area contributed by atoms with Crippen LogP contribution in [-0.4, -0.2) is 63.5 Å². The summed E-state index contributed by atoms with van der Waals surface area (Å²) in [6, 6.07) is 0. The van der Waals surface area contributed by atoms with Crippen LogP contribution in [0.5, 0.6) is 0 Å². The third-order valence-corrected chi connectivity index (χ3v) is 6.62. The molecule has 0 aromatic heterocycles. The van der Waals surface area contributed by atoms with Crippen LogP contribution in [0.2, 0.25) is 0 Å². The lowest BCUT2D eigenvalue weighted by molar-refractivity contribution is -0.197. The topological polar surface area (TPSA) is 127 Å². The van der Waals surface area contributed by atoms with Gasteiger partial charge in [-0.05, 0) is 36.6 Å². The van der Waals surface area contributed by atoms with E-state index in [1.165, 1.54) is 0 Å². The Morgan fingerprint density at radius 1 is 0.700 bits per heavy atom. The Morgan fingerprint density at radius 2 is 1.03 bits per heavy atom. The summed E-state index contributed by atoms with van der Waals surface area (Å²) >= 11 is 0. The van der Waals surface area contributed by atoms with Gasteiger partial charge in [-0.25, -0.2) is 9.59 Å². The highest BCUT2D eigenvalue weighted by Gasteiger charge is 2.33. The lowest BCUT2D eigenvalue weighted by atomic mass is 10.2. The molecule has 11 heteroatoms. The first-order valence-corrected chi connectivity index (χ1v) is 12.0. The normalized spacial score (nSPS) is 16.7. The molecule has 0 aromatic rings. The fourth-order valence-electron chi connectivity index (χ4n) is 2.95. The van der Waals surface area contributed by atoms with E-state index in [1.807, 2.05) is 0 Å². The molecule has 166 valence electrons. The maximum Gasteiger partial charge on any atom is 0.333 e. The van der Waals surface area contributed by atoms with Crippen LogP contribution in [0.4, 0.5) is 0 Å². The van der Waals surface area contributed by atoms with Crippen LogP contribution in [0.25, 0.3) is 0 Å². The first kappa shape index (κ1) is 23.8. The molecule has 2 saturated heterocycles. The van der Waals surface area contributed by atoms with Crippen molar-refractivity contribution in [2.24, 2.45) is 0 Å². The summed E-state index contributed by atoms with van der Waals surface area (Å²) in [5.41, 5.74) is 0. The number of carbonyl (C=O) groups is 6. The van der Waals surface area contributed by atoms with Crippen molar-refractivity contribution in [2.45, 2.75) is 64.2 Å². The van der Waals surface area contributed by atoms with Crippen molar-refractivity contribution in [1.29, 1.82) is 0 Å². The standard InChI is InChI=1S/C19H27N2O8S/c1-30(12-4-2-6-18(26)28-20-14(22)8-9-15(20)23)13-5-3-7-19(27)29-21-16(24)10-11-17(21)25/h2-13H2,1H3/q+1. The Kier molecular flexibility index (Phi) is 9.28. The van der Waals surface area contributed by atoms with E-state index in [0.717, 1.165) is 24.3 Å². The average molecular weight is 443 g/mol. The summed E-state index contributed by atoms with van der Waals surface area (Å²) in [4.78, 5) is 78.6. The molecule has 0 spiro atoms. The minimum absolute atomic E-state index is 0.0803. The molecular formula is C19H27N2O8S+. The van der Waals surface area contributed by atoms with Gasteiger partial charge in [0, 0.05) is 38.5 Å². The molecule has 0 bridgehead atoms. The number of rotatable bonds is 12. The predicted octanol–water partition coefficient (Wildman–Crippen LogP) is 0.789. The number of nitrogens with zero attached hydrogens (tertiary/aromatic N) is 2. The molecule has 0 aromatic carbocycles. The van der Waals surface area contributed by atoms with E-state index in [9.17, 15) is 28.8 Å². The zero-order chi connectivity index (χ0) is 22.1. The molecular weight excluding hydrogens is 416 g/mol. The lowest BCUT2D eigenvalue weighted by Crippen LogP contribution is -2.32. The number of imide groups is 2. The zero-order valence-corrected chi connectivity index (χ0v) is 17.9. The van der Waals surface area contributed by atoms with Crippen LogP contribution in [0.3, 0.4) is 0 Å². The Hall–Kier alpha value is -2.43. The number of hydrogen-bond donors (Lipinski definition) is 0. The Morgan fingerprint density at radius 3 is 1.37 bits per heavy atom. The molecule has 0 N–H and O–H groups in total. The average Bonchev–Trinajstić information content (AvgIpc) is 3.19. The molecule has 2 fully saturated rings. The van der Waals surface area contributed by atoms with Gasteiger partial charge in [-0.1, -0.05) is 0 Å². The Balaban J connectivity index is 1.48. The summed E-state index contributed by atoms with van der Waals surface area (Å²) in [6.07, 6.45) is 5.58. The van der Waals surface area contributed by atoms with Crippen LogP contribution in [0.15, 0.2) is 0 Å². The van der Waals surface area contributed by atoms with Crippen molar-refractivity contribution < 1.29 is 38.4 Å². The number of hydroxylamine groups is 4. The molecule has 4 amide bonds. The molecule has 2 heterocycles. The van der Waals surface area contributed by atoms with E-state index >= 15 is 0 Å². The van der Waals surface area contributed by atoms with Crippen molar-refractivity contribution in [3.63, 3.8) is 0 Å². The van der Waals surface area contributed by atoms with Crippen LogP contribution in [0, 0.1) is 0 Å². The highest BCUT2D eigenvalue weighted by molar-refractivity contribution is 7.96. The lowest BCUT2D eigenvalue weighted by Gasteiger charge is -2.12. The summed E-state index contributed by atoms with van der Waals surface area (Å²) < 4.78 is 0. The summed E-state index contributed by atoms with van der Waals surface area (Å²) in [6.45, 7) is 0. The van der Waals surface area contributed by atoms with Gasteiger partial charge in [0.1, 0.15) is 11.5 Å². The largest absolute Gasteiger partial charge is 0.333 e. The fourth-order valence-corrected chi connectivity index (χ4v) is 4.55. The van der Waals surface area contributed by atoms with E-state index in [2.05, 4.69) is 6.26 Å². The highest BCUT2D eigenvalue weighted by Crippen LogP contribution is 2.15. The molecule has 2 rings (SSSR count). The van der Waals surface area contributed by atoms with E-state index in [-0.39, 0.29) is 49.4 Å². The monoisotopic (exact) mass is 443 g/mol. The molecule has 10 nitrogen and oxygen atoms in total. The van der Waals surface area contributed by atoms with E-state index in [0.29, 0.717) is 23.0 Å². The third-order valence-electron chi connectivity index (χ3n) is 4.65. The van der Waals surface area contributed by atoms with Gasteiger partial charge < -0.3 is 9.68 Å². The Bertz CT molecular complexity index is 621. The molecule has 2 aliphatic rings. The van der Waals surface area contributed by atoms with E-state index < -0.39 is 35.6 Å². The molecule has 30 heavy (non-hydrogen) atoms. The van der Waals surface area contributed by atoms with Gasteiger partial charge in [0.15, 0.2) is 0 Å². The second-order valence-electron chi connectivity index (χ2n) is 7.19. The first-order chi connectivity index (χ1) is 14.3. The second-order valence-corrected chi connectivity index (χ2v) is 9.57. The van der Waals surface area contributed by atoms with Crippen molar-refractivity contribution in [3.8, 4) is 0 Å². The van der Waals surface area contributed by atoms with Gasteiger partial charge in [-0.15, -0.1) is 10.1 Å². The smallest absolute Gasteiger partial charge is 0.330 e. The number of unbranched alkanes of at least 4 members (excludes halogenated alkanes) is 2. The number of amides is 4. The van der Waals surface area contributed by atoms with Crippen molar-refractivity contribution in [1.82, 2.24) is 10.1 Å². The number of carbonyl (C=O) groups excluding carboxylic acids is 6. The molecule has 2 aliphatic heterocycles. The molecule has 0 aliphatic carbocycles. The first-order valence-electron chi connectivity index (χ1n) is 10.00. The second kappa shape index (κ2) is 11.7. The minimum Gasteiger partial charge on any atom is -0.330 e. The SMILES string of the molecule is C[S+](CCCCC(=O)ON1C(=O)CCC1=O)CCCCC(=O)ON1C(=O)CCC1=O. The maximum atomic E-state index is 11.7. The molecule has 0 atom stereocenters. The maximum absolute atomic E-state index is 11.7. The van der Waals surface area contributed by atoms with E-state index in [4.69, 9.17) is 9.68 Å². The van der Waals surface area contributed by atoms with Gasteiger partial charge in [0.2, 0.25) is 0 Å². The minimum atomic E-state index is -0.580. The Labute approximate surface area is 177 Å². The van der Waals surface area contributed by atoms with Gasteiger partial charge in [-0.3, -0.25) is 19.2 Å². The van der Waals surface area contributed by atoms with Crippen molar-refractivity contribution >= 4 is 46.5 Å². The summed E-state index contributed by atoms with van der Waals surface area (Å²) in [7, 11) is 0.128. The fraction of sp³-hybridized carbons (Fsp3) is 0.684. The highest BCUT2D eigenvalue weighted by atomic mass is 32.2. The van der Waals surface area contributed by atoms with E-state index in [1.54, 1.807) is 0 Å². The van der Waals surface area contributed by atoms with Crippen LogP contribution >= 0.6 is 0 Å². The van der Waals surface area contributed by atoms with Crippen LogP contribution < -0.4 is 0 Å². The van der Waals surface area contributed by atoms with Crippen molar-refractivity contribution in [2.75, 3.05) is 17.8 Å². The predicted molar refractivity (Wildman–Crippen MR) is 105 cm³/mol. The summed E-state index contributed by atoms with van der Waals surface area (Å²) in [5, 5.41) is 1.13. The van der Waals surface area contributed by atoms with Crippen molar-refractivity contribution in [3.05, 3.63) is 0 Å². The van der Waals surface area contributed by atoms with Gasteiger partial charge in [0.05, 0.1) is 6.26 Å². The van der Waals surface area contributed by atoms with Crippen LogP contribution in [-0.2, 0) is 49.3 Å². The van der Waals surface area contributed by atoms with Crippen LogP contribution in [0.1, 0.15) is 64.2 Å². The molecule has 0 saturated carbocycles. The molecule has 0 radical (unpaired) electrons. The van der Waals surface area contributed by atoms with Gasteiger partial charge in [-0.2, -0.15) is 0 Å². The third kappa shape index (κ3) is 7.43.